The summed E-state index contributed by atoms with van der Waals surface area (Å²) in [5.74, 6) is 0. The van der Waals surface area contributed by atoms with E-state index in [-0.39, 0.29) is 17.1 Å². The van der Waals surface area contributed by atoms with Gasteiger partial charge >= 0.3 is 28.1 Å². The van der Waals surface area contributed by atoms with E-state index in [1.165, 1.54) is 13.8 Å². The van der Waals surface area contributed by atoms with E-state index in [9.17, 15) is 26.3 Å². The van der Waals surface area contributed by atoms with Gasteiger partial charge in [0.2, 0.25) is 0 Å². The summed E-state index contributed by atoms with van der Waals surface area (Å²) in [6.45, 7) is 5.16. The van der Waals surface area contributed by atoms with E-state index >= 15 is 0 Å². The molecule has 0 aromatic carbocycles. The third-order valence-electron chi connectivity index (χ3n) is 3.73. The maximum atomic E-state index is 10.7. The normalized spacial score (nSPS) is 10.7. The molecule has 0 aliphatic heterocycles. The third-order valence-corrected chi connectivity index (χ3v) is 4.86. The van der Waals surface area contributed by atoms with Crippen LogP contribution in [0.4, 0.5) is 26.3 Å². The SMILES string of the molecule is CC#N.CC#N.O=S(=O)([O-])C(F)(F)F.O=S(=O)([O-])C(F)(F)F.[Fe+3].c1ccc(CN(Cc2ccccn2)Cc2c[nH]cn2)nc1. The van der Waals surface area contributed by atoms with E-state index in [4.69, 9.17) is 36.5 Å². The zero-order valence-corrected chi connectivity index (χ0v) is 25.2. The van der Waals surface area contributed by atoms with Gasteiger partial charge in [0.25, 0.3) is 0 Å². The summed E-state index contributed by atoms with van der Waals surface area (Å²) >= 11 is 0. The molecule has 13 nitrogen and oxygen atoms in total. The van der Waals surface area contributed by atoms with Crippen molar-refractivity contribution in [3.05, 3.63) is 78.4 Å². The maximum Gasteiger partial charge on any atom is 3.00 e. The van der Waals surface area contributed by atoms with E-state index in [1.807, 2.05) is 55.0 Å². The first kappa shape index (κ1) is 44.8. The number of nitriles is 2. The van der Waals surface area contributed by atoms with Gasteiger partial charge in [-0.3, -0.25) is 14.9 Å². The Bertz CT molecular complexity index is 1370. The number of halogens is 6. The van der Waals surface area contributed by atoms with Crippen molar-refractivity contribution in [2.24, 2.45) is 0 Å². The molecule has 0 atom stereocenters. The third kappa shape index (κ3) is 22.0. The van der Waals surface area contributed by atoms with Crippen LogP contribution in [-0.4, -0.2) is 61.8 Å². The quantitative estimate of drug-likeness (QED) is 0.168. The van der Waals surface area contributed by atoms with Crippen LogP contribution in [0.25, 0.3) is 0 Å². The number of aromatic nitrogens is 4. The molecule has 0 bridgehead atoms. The molecular weight excluding hydrogens is 692 g/mol. The molecule has 1 N–H and O–H groups in total. The van der Waals surface area contributed by atoms with Crippen molar-refractivity contribution in [1.82, 2.24) is 24.8 Å². The first-order valence-corrected chi connectivity index (χ1v) is 13.7. The number of pyridine rings is 2. The number of alkyl halides is 6. The molecule has 3 aromatic rings. The maximum absolute atomic E-state index is 10.7. The van der Waals surface area contributed by atoms with Crippen LogP contribution in [0.1, 0.15) is 30.9 Å². The van der Waals surface area contributed by atoms with Gasteiger partial charge in [-0.1, -0.05) is 12.1 Å². The minimum Gasteiger partial charge on any atom is -0.741 e. The molecule has 3 aromatic heterocycles. The second-order valence-corrected chi connectivity index (χ2v) is 9.84. The molecule has 0 unspecified atom stereocenters. The predicted octanol–water partition coefficient (Wildman–Crippen LogP) is 3.56. The fraction of sp³-hybridized carbons (Fsp3) is 0.318. The van der Waals surface area contributed by atoms with Crippen LogP contribution in [-0.2, 0) is 56.9 Å². The molecule has 243 valence electrons. The van der Waals surface area contributed by atoms with Gasteiger partial charge in [0.15, 0.2) is 20.2 Å². The Labute approximate surface area is 259 Å². The van der Waals surface area contributed by atoms with E-state index < -0.39 is 31.3 Å². The average Bonchev–Trinajstić information content (AvgIpc) is 3.38. The zero-order valence-electron chi connectivity index (χ0n) is 22.5. The molecule has 0 fully saturated rings. The second kappa shape index (κ2) is 22.0. The second-order valence-electron chi connectivity index (χ2n) is 7.09. The number of nitrogens with zero attached hydrogens (tertiary/aromatic N) is 6. The van der Waals surface area contributed by atoms with Crippen LogP contribution < -0.4 is 0 Å². The summed E-state index contributed by atoms with van der Waals surface area (Å²) in [5.41, 5.74) is -8.19. The summed E-state index contributed by atoms with van der Waals surface area (Å²) in [4.78, 5) is 18.4. The molecule has 1 radical (unpaired) electrons. The van der Waals surface area contributed by atoms with Crippen LogP contribution in [0.15, 0.2) is 61.3 Å². The minimum atomic E-state index is -6.09. The zero-order chi connectivity index (χ0) is 33.7. The van der Waals surface area contributed by atoms with Crippen LogP contribution >= 0.6 is 0 Å². The van der Waals surface area contributed by atoms with E-state index in [0.29, 0.717) is 0 Å². The number of nitrogens with one attached hydrogen (secondary N) is 1. The monoisotopic (exact) mass is 715 g/mol. The summed E-state index contributed by atoms with van der Waals surface area (Å²) in [6, 6.07) is 15.5. The number of hydrogen-bond acceptors (Lipinski definition) is 12. The standard InChI is InChI=1S/C16H17N5.2C2H3N.2CHF3O3S.Fe/c1-3-7-18-14(5-1)10-21(12-16-9-17-13-20-16)11-15-6-2-4-8-19-15;2*1-2-3;2*2-1(3,4)8(5,6)7;/h1-9,13H,10-12H2,(H,17,20);2*1H3;2*(H,5,6,7);/q;;;;;+3/p-2. The fourth-order valence-electron chi connectivity index (χ4n) is 2.22. The first-order valence-electron chi connectivity index (χ1n) is 10.9. The van der Waals surface area contributed by atoms with Gasteiger partial charge in [0.05, 0.1) is 35.5 Å². The molecule has 44 heavy (non-hydrogen) atoms. The molecule has 0 saturated heterocycles. The van der Waals surface area contributed by atoms with Crippen molar-refractivity contribution in [3.8, 4) is 12.1 Å². The Morgan fingerprint density at radius 2 is 1.07 bits per heavy atom. The summed E-state index contributed by atoms with van der Waals surface area (Å²) in [7, 11) is -12.2. The molecule has 0 aliphatic carbocycles. The van der Waals surface area contributed by atoms with Crippen molar-refractivity contribution in [2.45, 2.75) is 44.5 Å². The number of aromatic amines is 1. The van der Waals surface area contributed by atoms with Crippen molar-refractivity contribution >= 4 is 20.2 Å². The van der Waals surface area contributed by atoms with Crippen LogP contribution in [0.5, 0.6) is 0 Å². The van der Waals surface area contributed by atoms with E-state index in [2.05, 4.69) is 24.8 Å². The van der Waals surface area contributed by atoms with Gasteiger partial charge in [-0.05, 0) is 24.3 Å². The summed E-state index contributed by atoms with van der Waals surface area (Å²) < 4.78 is 118. The molecule has 0 aliphatic rings. The van der Waals surface area contributed by atoms with Gasteiger partial charge in [0.1, 0.15) is 0 Å². The van der Waals surface area contributed by atoms with Gasteiger partial charge in [-0.2, -0.15) is 36.9 Å². The first-order chi connectivity index (χ1) is 19.7. The van der Waals surface area contributed by atoms with E-state index in [1.54, 1.807) is 18.5 Å². The molecule has 0 saturated carbocycles. The number of imidazole rings is 1. The van der Waals surface area contributed by atoms with Gasteiger partial charge in [-0.15, -0.1) is 0 Å². The molecule has 3 rings (SSSR count). The number of rotatable bonds is 6. The van der Waals surface area contributed by atoms with Gasteiger partial charge in [0, 0.05) is 52.1 Å². The van der Waals surface area contributed by atoms with Crippen molar-refractivity contribution < 1.29 is 69.4 Å². The fourth-order valence-corrected chi connectivity index (χ4v) is 2.22. The Morgan fingerprint density at radius 1 is 0.750 bits per heavy atom. The molecule has 3 heterocycles. The Morgan fingerprint density at radius 3 is 1.30 bits per heavy atom. The molecule has 0 amide bonds. The largest absolute Gasteiger partial charge is 3.00 e. The molecule has 0 spiro atoms. The van der Waals surface area contributed by atoms with Crippen molar-refractivity contribution in [1.29, 1.82) is 10.5 Å². The average molecular weight is 715 g/mol. The van der Waals surface area contributed by atoms with Gasteiger partial charge < -0.3 is 14.1 Å². The predicted molar refractivity (Wildman–Crippen MR) is 134 cm³/mol. The summed E-state index contributed by atoms with van der Waals surface area (Å²) in [5, 5.41) is 14.6. The molecule has 22 heteroatoms. The van der Waals surface area contributed by atoms with Gasteiger partial charge in [-0.25, -0.2) is 21.8 Å². The smallest absolute Gasteiger partial charge is 0.741 e. The Kier molecular flexibility index (Phi) is 22.4. The van der Waals surface area contributed by atoms with Crippen LogP contribution in [0.3, 0.4) is 0 Å². The molecular formula is C22H23F6FeN7O6S2+. The number of H-pyrrole nitrogens is 1. The number of hydrogen-bond donors (Lipinski definition) is 1. The van der Waals surface area contributed by atoms with E-state index in [0.717, 1.165) is 36.7 Å². The topological polar surface area (TPSA) is 220 Å². The Balaban J connectivity index is -0.000000609. The Hall–Kier alpha value is -3.63. The minimum absolute atomic E-state index is 0. The van der Waals surface area contributed by atoms with Crippen molar-refractivity contribution in [3.63, 3.8) is 0 Å². The summed E-state index contributed by atoms with van der Waals surface area (Å²) in [6.07, 6.45) is 7.27. The van der Waals surface area contributed by atoms with Crippen LogP contribution in [0.2, 0.25) is 0 Å². The van der Waals surface area contributed by atoms with Crippen molar-refractivity contribution in [2.75, 3.05) is 0 Å². The van der Waals surface area contributed by atoms with Crippen LogP contribution in [0, 0.1) is 22.7 Å².